The molecule has 2 aromatic carbocycles. The van der Waals surface area contributed by atoms with E-state index in [0.29, 0.717) is 13.1 Å². The molecule has 1 unspecified atom stereocenters. The minimum atomic E-state index is -0.557. The number of amides is 2. The monoisotopic (exact) mass is 407 g/mol. The van der Waals surface area contributed by atoms with Gasteiger partial charge in [-0.2, -0.15) is 0 Å². The van der Waals surface area contributed by atoms with Crippen LogP contribution < -0.4 is 10.1 Å². The van der Waals surface area contributed by atoms with Gasteiger partial charge < -0.3 is 15.0 Å². The predicted octanol–water partition coefficient (Wildman–Crippen LogP) is 2.56. The molecule has 0 aliphatic carbocycles. The molecule has 6 nitrogen and oxygen atoms in total. The van der Waals surface area contributed by atoms with Crippen molar-refractivity contribution in [3.8, 4) is 5.75 Å². The largest absolute Gasteiger partial charge is 0.497 e. The van der Waals surface area contributed by atoms with Crippen LogP contribution >= 0.6 is 0 Å². The molecule has 0 saturated carbocycles. The lowest BCUT2D eigenvalue weighted by Crippen LogP contribution is -2.53. The standard InChI is InChI=1S/C24H29N3O3/c1-19(25-23(28)13-10-20-8-11-22(30-2)12-9-20)24(29)27-16-14-26(15-17-27)18-21-6-4-3-5-7-21/h3-13,19H,14-18H2,1-2H3,(H,25,28)/b13-10+. The first-order valence-corrected chi connectivity index (χ1v) is 10.2. The number of nitrogens with one attached hydrogen (secondary N) is 1. The maximum atomic E-state index is 12.7. The number of benzene rings is 2. The average molecular weight is 408 g/mol. The molecule has 0 aromatic heterocycles. The molecular formula is C24H29N3O3. The molecule has 30 heavy (non-hydrogen) atoms. The Kier molecular flexibility index (Phi) is 7.63. The third-order valence-electron chi connectivity index (χ3n) is 5.21. The van der Waals surface area contributed by atoms with E-state index in [4.69, 9.17) is 4.74 Å². The number of carbonyl (C=O) groups is 2. The quantitative estimate of drug-likeness (QED) is 0.717. The van der Waals surface area contributed by atoms with Gasteiger partial charge in [0.05, 0.1) is 7.11 Å². The number of carbonyl (C=O) groups excluding carboxylic acids is 2. The van der Waals surface area contributed by atoms with Crippen LogP contribution in [0.4, 0.5) is 0 Å². The zero-order chi connectivity index (χ0) is 21.3. The second kappa shape index (κ2) is 10.6. The molecule has 0 bridgehead atoms. The Morgan fingerprint density at radius 3 is 2.33 bits per heavy atom. The highest BCUT2D eigenvalue weighted by Crippen LogP contribution is 2.12. The fraction of sp³-hybridized carbons (Fsp3) is 0.333. The normalized spacial score (nSPS) is 15.7. The lowest BCUT2D eigenvalue weighted by Gasteiger charge is -2.36. The average Bonchev–Trinajstić information content (AvgIpc) is 2.78. The molecule has 6 heteroatoms. The fourth-order valence-electron chi connectivity index (χ4n) is 3.45. The zero-order valence-corrected chi connectivity index (χ0v) is 17.6. The Morgan fingerprint density at radius 2 is 1.70 bits per heavy atom. The summed E-state index contributed by atoms with van der Waals surface area (Å²) in [5.41, 5.74) is 2.17. The molecular weight excluding hydrogens is 378 g/mol. The van der Waals surface area contributed by atoms with Crippen LogP contribution in [0.3, 0.4) is 0 Å². The van der Waals surface area contributed by atoms with Gasteiger partial charge in [-0.25, -0.2) is 0 Å². The SMILES string of the molecule is COc1ccc(/C=C/C(=O)NC(C)C(=O)N2CCN(Cc3ccccc3)CC2)cc1. The number of rotatable bonds is 7. The molecule has 1 atom stereocenters. The molecule has 0 spiro atoms. The summed E-state index contributed by atoms with van der Waals surface area (Å²) >= 11 is 0. The van der Waals surface area contributed by atoms with E-state index in [1.807, 2.05) is 47.4 Å². The first kappa shape index (κ1) is 21.6. The van der Waals surface area contributed by atoms with E-state index in [1.54, 1.807) is 20.1 Å². The second-order valence-electron chi connectivity index (χ2n) is 7.42. The minimum Gasteiger partial charge on any atom is -0.497 e. The van der Waals surface area contributed by atoms with Crippen molar-refractivity contribution in [2.75, 3.05) is 33.3 Å². The highest BCUT2D eigenvalue weighted by atomic mass is 16.5. The van der Waals surface area contributed by atoms with Crippen molar-refractivity contribution in [1.82, 2.24) is 15.1 Å². The predicted molar refractivity (Wildman–Crippen MR) is 118 cm³/mol. The smallest absolute Gasteiger partial charge is 0.244 e. The summed E-state index contributed by atoms with van der Waals surface area (Å²) < 4.78 is 5.12. The fourth-order valence-corrected chi connectivity index (χ4v) is 3.45. The maximum Gasteiger partial charge on any atom is 0.244 e. The van der Waals surface area contributed by atoms with Gasteiger partial charge in [0.2, 0.25) is 11.8 Å². The van der Waals surface area contributed by atoms with Crippen LogP contribution in [-0.4, -0.2) is 60.9 Å². The van der Waals surface area contributed by atoms with Crippen LogP contribution in [-0.2, 0) is 16.1 Å². The van der Waals surface area contributed by atoms with Gasteiger partial charge in [-0.05, 0) is 36.3 Å². The van der Waals surface area contributed by atoms with E-state index in [9.17, 15) is 9.59 Å². The van der Waals surface area contributed by atoms with E-state index in [-0.39, 0.29) is 11.8 Å². The molecule has 1 heterocycles. The van der Waals surface area contributed by atoms with Crippen molar-refractivity contribution in [3.63, 3.8) is 0 Å². The number of ether oxygens (including phenoxy) is 1. The van der Waals surface area contributed by atoms with E-state index >= 15 is 0 Å². The lowest BCUT2D eigenvalue weighted by molar-refractivity contribution is -0.136. The molecule has 1 saturated heterocycles. The first-order chi connectivity index (χ1) is 14.5. The summed E-state index contributed by atoms with van der Waals surface area (Å²) in [6.45, 7) is 5.64. The van der Waals surface area contributed by atoms with Gasteiger partial charge in [0.25, 0.3) is 0 Å². The second-order valence-corrected chi connectivity index (χ2v) is 7.42. The summed E-state index contributed by atoms with van der Waals surface area (Å²) in [5.74, 6) is 0.439. The molecule has 2 aromatic rings. The molecule has 3 rings (SSSR count). The minimum absolute atomic E-state index is 0.0411. The molecule has 0 radical (unpaired) electrons. The molecule has 1 fully saturated rings. The Bertz CT molecular complexity index is 857. The van der Waals surface area contributed by atoms with Gasteiger partial charge in [0, 0.05) is 38.8 Å². The third kappa shape index (κ3) is 6.19. The van der Waals surface area contributed by atoms with Crippen LogP contribution in [0.1, 0.15) is 18.1 Å². The highest BCUT2D eigenvalue weighted by Gasteiger charge is 2.25. The van der Waals surface area contributed by atoms with Crippen LogP contribution in [0.5, 0.6) is 5.75 Å². The van der Waals surface area contributed by atoms with Gasteiger partial charge in [-0.15, -0.1) is 0 Å². The Morgan fingerprint density at radius 1 is 1.03 bits per heavy atom. The summed E-state index contributed by atoms with van der Waals surface area (Å²) in [7, 11) is 1.61. The number of piperazine rings is 1. The van der Waals surface area contributed by atoms with Crippen molar-refractivity contribution in [1.29, 1.82) is 0 Å². The van der Waals surface area contributed by atoms with E-state index in [2.05, 4.69) is 22.3 Å². The number of hydrogen-bond acceptors (Lipinski definition) is 4. The van der Waals surface area contributed by atoms with Crippen LogP contribution in [0.25, 0.3) is 6.08 Å². The topological polar surface area (TPSA) is 61.9 Å². The Labute approximate surface area is 178 Å². The van der Waals surface area contributed by atoms with E-state index < -0.39 is 6.04 Å². The zero-order valence-electron chi connectivity index (χ0n) is 17.6. The molecule has 1 N–H and O–H groups in total. The van der Waals surface area contributed by atoms with Crippen LogP contribution in [0.2, 0.25) is 0 Å². The van der Waals surface area contributed by atoms with Gasteiger partial charge in [0.15, 0.2) is 0 Å². The summed E-state index contributed by atoms with van der Waals surface area (Å²) in [4.78, 5) is 29.1. The summed E-state index contributed by atoms with van der Waals surface area (Å²) in [6, 6.07) is 17.2. The number of methoxy groups -OCH3 is 1. The van der Waals surface area contributed by atoms with Crippen LogP contribution in [0.15, 0.2) is 60.7 Å². The van der Waals surface area contributed by atoms with E-state index in [1.165, 1.54) is 11.6 Å². The molecule has 2 amide bonds. The van der Waals surface area contributed by atoms with Gasteiger partial charge in [0.1, 0.15) is 11.8 Å². The summed E-state index contributed by atoms with van der Waals surface area (Å²) in [6.07, 6.45) is 3.16. The molecule has 1 aliphatic rings. The van der Waals surface area contributed by atoms with Gasteiger partial charge in [-0.3, -0.25) is 14.5 Å². The van der Waals surface area contributed by atoms with Crippen molar-refractivity contribution < 1.29 is 14.3 Å². The number of hydrogen-bond donors (Lipinski definition) is 1. The first-order valence-electron chi connectivity index (χ1n) is 10.2. The van der Waals surface area contributed by atoms with Crippen molar-refractivity contribution >= 4 is 17.9 Å². The third-order valence-corrected chi connectivity index (χ3v) is 5.21. The van der Waals surface area contributed by atoms with E-state index in [0.717, 1.165) is 30.9 Å². The van der Waals surface area contributed by atoms with Crippen molar-refractivity contribution in [2.45, 2.75) is 19.5 Å². The van der Waals surface area contributed by atoms with Crippen molar-refractivity contribution in [3.05, 3.63) is 71.8 Å². The van der Waals surface area contributed by atoms with Crippen LogP contribution in [0, 0.1) is 0 Å². The molecule has 1 aliphatic heterocycles. The highest BCUT2D eigenvalue weighted by molar-refractivity contribution is 5.95. The maximum absolute atomic E-state index is 12.7. The molecule has 158 valence electrons. The van der Waals surface area contributed by atoms with Crippen molar-refractivity contribution in [2.24, 2.45) is 0 Å². The van der Waals surface area contributed by atoms with Gasteiger partial charge in [-0.1, -0.05) is 42.5 Å². The number of nitrogens with zero attached hydrogens (tertiary/aromatic N) is 2. The Hall–Kier alpha value is -3.12. The lowest BCUT2D eigenvalue weighted by atomic mass is 10.2. The van der Waals surface area contributed by atoms with Gasteiger partial charge >= 0.3 is 0 Å². The summed E-state index contributed by atoms with van der Waals surface area (Å²) in [5, 5.41) is 2.77. The Balaban J connectivity index is 1.43.